The molecule has 4 heteroatoms. The minimum atomic E-state index is 0.104. The normalized spacial score (nSPS) is 16.1. The van der Waals surface area contributed by atoms with Crippen LogP contribution < -0.4 is 10.6 Å². The van der Waals surface area contributed by atoms with E-state index >= 15 is 0 Å². The molecule has 104 valence electrons. The van der Waals surface area contributed by atoms with Gasteiger partial charge >= 0.3 is 0 Å². The third-order valence-electron chi connectivity index (χ3n) is 3.25. The molecule has 1 aromatic carbocycles. The minimum absolute atomic E-state index is 0.104. The molecule has 1 saturated carbocycles. The molecule has 2 rings (SSSR count). The van der Waals surface area contributed by atoms with Gasteiger partial charge in [0.15, 0.2) is 0 Å². The fraction of sp³-hybridized carbons (Fsp3) is 0.533. The molecule has 1 unspecified atom stereocenters. The largest absolute Gasteiger partial charge is 0.353 e. The fourth-order valence-electron chi connectivity index (χ4n) is 2.07. The predicted octanol–water partition coefficient (Wildman–Crippen LogP) is 2.53. The van der Waals surface area contributed by atoms with Crippen molar-refractivity contribution in [3.63, 3.8) is 0 Å². The zero-order valence-electron chi connectivity index (χ0n) is 11.3. The monoisotopic (exact) mass is 280 g/mol. The van der Waals surface area contributed by atoms with Crippen molar-refractivity contribution in [1.29, 1.82) is 0 Å². The maximum Gasteiger partial charge on any atom is 0.221 e. The Balaban J connectivity index is 1.69. The second-order valence-electron chi connectivity index (χ2n) is 5.24. The Morgan fingerprint density at radius 3 is 2.84 bits per heavy atom. The summed E-state index contributed by atoms with van der Waals surface area (Å²) in [5.74, 6) is 0.104. The molecule has 0 aromatic heterocycles. The first-order valence-electron chi connectivity index (χ1n) is 6.91. The number of hydrogen-bond acceptors (Lipinski definition) is 2. The van der Waals surface area contributed by atoms with Gasteiger partial charge in [0, 0.05) is 30.1 Å². The molecule has 2 N–H and O–H groups in total. The summed E-state index contributed by atoms with van der Waals surface area (Å²) in [6, 6.07) is 8.53. The molecule has 0 aliphatic heterocycles. The van der Waals surface area contributed by atoms with Gasteiger partial charge in [-0.05, 0) is 37.8 Å². The van der Waals surface area contributed by atoms with Gasteiger partial charge in [0.05, 0.1) is 0 Å². The Labute approximate surface area is 119 Å². The lowest BCUT2D eigenvalue weighted by Crippen LogP contribution is -2.36. The minimum Gasteiger partial charge on any atom is -0.353 e. The van der Waals surface area contributed by atoms with Gasteiger partial charge in [-0.15, -0.1) is 0 Å². The van der Waals surface area contributed by atoms with Crippen LogP contribution >= 0.6 is 11.6 Å². The standard InChI is InChI=1S/C15H21ClN2O/c1-11(10-12-4-2-3-5-14(12)16)18-15(19)8-9-17-13-6-7-13/h2-5,11,13,17H,6-10H2,1H3,(H,18,19). The highest BCUT2D eigenvalue weighted by Crippen LogP contribution is 2.18. The summed E-state index contributed by atoms with van der Waals surface area (Å²) in [5.41, 5.74) is 1.08. The van der Waals surface area contributed by atoms with Crippen molar-refractivity contribution in [1.82, 2.24) is 10.6 Å². The molecule has 0 heterocycles. The Morgan fingerprint density at radius 2 is 2.16 bits per heavy atom. The number of rotatable bonds is 7. The van der Waals surface area contributed by atoms with Crippen LogP contribution in [-0.2, 0) is 11.2 Å². The highest BCUT2D eigenvalue weighted by molar-refractivity contribution is 6.31. The SMILES string of the molecule is CC(Cc1ccccc1Cl)NC(=O)CCNC1CC1. The number of nitrogens with one attached hydrogen (secondary N) is 2. The second kappa shape index (κ2) is 6.92. The fourth-order valence-corrected chi connectivity index (χ4v) is 2.28. The molecule has 1 aliphatic carbocycles. The maximum absolute atomic E-state index is 11.7. The number of carbonyl (C=O) groups excluding carboxylic acids is 1. The quantitative estimate of drug-likeness (QED) is 0.806. The van der Waals surface area contributed by atoms with Crippen LogP contribution in [0.15, 0.2) is 24.3 Å². The Bertz CT molecular complexity index is 432. The Kier molecular flexibility index (Phi) is 5.23. The van der Waals surface area contributed by atoms with E-state index in [1.54, 1.807) is 0 Å². The van der Waals surface area contributed by atoms with Crippen LogP contribution in [0.4, 0.5) is 0 Å². The predicted molar refractivity (Wildman–Crippen MR) is 78.4 cm³/mol. The molecule has 1 aromatic rings. The van der Waals surface area contributed by atoms with Crippen LogP contribution in [0.5, 0.6) is 0 Å². The number of carbonyl (C=O) groups is 1. The van der Waals surface area contributed by atoms with E-state index in [1.807, 2.05) is 31.2 Å². The lowest BCUT2D eigenvalue weighted by molar-refractivity contribution is -0.121. The van der Waals surface area contributed by atoms with Crippen molar-refractivity contribution >= 4 is 17.5 Å². The van der Waals surface area contributed by atoms with E-state index in [9.17, 15) is 4.79 Å². The molecule has 1 fully saturated rings. The highest BCUT2D eigenvalue weighted by atomic mass is 35.5. The molecule has 3 nitrogen and oxygen atoms in total. The molecule has 0 radical (unpaired) electrons. The summed E-state index contributed by atoms with van der Waals surface area (Å²) in [7, 11) is 0. The number of halogens is 1. The highest BCUT2D eigenvalue weighted by Gasteiger charge is 2.20. The Hall–Kier alpha value is -1.06. The zero-order valence-corrected chi connectivity index (χ0v) is 12.0. The lowest BCUT2D eigenvalue weighted by atomic mass is 10.1. The summed E-state index contributed by atoms with van der Waals surface area (Å²) < 4.78 is 0. The third-order valence-corrected chi connectivity index (χ3v) is 3.62. The molecular formula is C15H21ClN2O. The number of benzene rings is 1. The van der Waals surface area contributed by atoms with Crippen LogP contribution in [0.2, 0.25) is 5.02 Å². The molecule has 1 atom stereocenters. The van der Waals surface area contributed by atoms with Crippen LogP contribution in [0.25, 0.3) is 0 Å². The second-order valence-corrected chi connectivity index (χ2v) is 5.65. The molecule has 19 heavy (non-hydrogen) atoms. The smallest absolute Gasteiger partial charge is 0.221 e. The van der Waals surface area contributed by atoms with E-state index < -0.39 is 0 Å². The van der Waals surface area contributed by atoms with Crippen LogP contribution in [0.3, 0.4) is 0 Å². The first-order valence-corrected chi connectivity index (χ1v) is 7.29. The topological polar surface area (TPSA) is 41.1 Å². The molecule has 0 saturated heterocycles. The van der Waals surface area contributed by atoms with E-state index in [-0.39, 0.29) is 11.9 Å². The van der Waals surface area contributed by atoms with Gasteiger partial charge in [0.2, 0.25) is 5.91 Å². The molecular weight excluding hydrogens is 260 g/mol. The average molecular weight is 281 g/mol. The molecule has 0 bridgehead atoms. The summed E-state index contributed by atoms with van der Waals surface area (Å²) in [6.45, 7) is 2.78. The van der Waals surface area contributed by atoms with Crippen molar-refractivity contribution in [2.45, 2.75) is 44.7 Å². The lowest BCUT2D eigenvalue weighted by Gasteiger charge is -2.15. The van der Waals surface area contributed by atoms with Crippen molar-refractivity contribution in [3.8, 4) is 0 Å². The molecule has 1 amide bonds. The average Bonchev–Trinajstić information content (AvgIpc) is 3.16. The summed E-state index contributed by atoms with van der Waals surface area (Å²) in [6.07, 6.45) is 3.82. The first-order chi connectivity index (χ1) is 9.15. The first kappa shape index (κ1) is 14.4. The van der Waals surface area contributed by atoms with E-state index in [2.05, 4.69) is 10.6 Å². The van der Waals surface area contributed by atoms with E-state index in [4.69, 9.17) is 11.6 Å². The molecule has 1 aliphatic rings. The van der Waals surface area contributed by atoms with Gasteiger partial charge in [-0.3, -0.25) is 4.79 Å². The van der Waals surface area contributed by atoms with Gasteiger partial charge in [-0.25, -0.2) is 0 Å². The number of hydrogen-bond donors (Lipinski definition) is 2. The van der Waals surface area contributed by atoms with Gasteiger partial charge in [-0.2, -0.15) is 0 Å². The zero-order chi connectivity index (χ0) is 13.7. The summed E-state index contributed by atoms with van der Waals surface area (Å²) in [5, 5.41) is 7.11. The van der Waals surface area contributed by atoms with E-state index in [1.165, 1.54) is 12.8 Å². The van der Waals surface area contributed by atoms with Crippen molar-refractivity contribution in [2.75, 3.05) is 6.54 Å². The van der Waals surface area contributed by atoms with Crippen molar-refractivity contribution < 1.29 is 4.79 Å². The van der Waals surface area contributed by atoms with Crippen LogP contribution in [0.1, 0.15) is 31.7 Å². The summed E-state index contributed by atoms with van der Waals surface area (Å²) >= 11 is 6.11. The van der Waals surface area contributed by atoms with Gasteiger partial charge in [0.1, 0.15) is 0 Å². The maximum atomic E-state index is 11.7. The third kappa shape index (κ3) is 5.21. The number of amides is 1. The van der Waals surface area contributed by atoms with E-state index in [0.29, 0.717) is 12.5 Å². The Morgan fingerprint density at radius 1 is 1.42 bits per heavy atom. The van der Waals surface area contributed by atoms with Gasteiger partial charge in [0.25, 0.3) is 0 Å². The van der Waals surface area contributed by atoms with Crippen molar-refractivity contribution in [2.24, 2.45) is 0 Å². The van der Waals surface area contributed by atoms with Gasteiger partial charge in [-0.1, -0.05) is 29.8 Å². The van der Waals surface area contributed by atoms with E-state index in [0.717, 1.165) is 23.6 Å². The van der Waals surface area contributed by atoms with Crippen molar-refractivity contribution in [3.05, 3.63) is 34.9 Å². The van der Waals surface area contributed by atoms with Crippen LogP contribution in [0, 0.1) is 0 Å². The summed E-state index contributed by atoms with van der Waals surface area (Å²) in [4.78, 5) is 11.7. The molecule has 0 spiro atoms. The van der Waals surface area contributed by atoms with Crippen LogP contribution in [-0.4, -0.2) is 24.5 Å². The van der Waals surface area contributed by atoms with Gasteiger partial charge < -0.3 is 10.6 Å².